The molecule has 16 heavy (non-hydrogen) atoms. The van der Waals surface area contributed by atoms with Gasteiger partial charge >= 0.3 is 0 Å². The van der Waals surface area contributed by atoms with Crippen LogP contribution in [0.1, 0.15) is 20.3 Å². The Morgan fingerprint density at radius 2 is 2.25 bits per heavy atom. The lowest BCUT2D eigenvalue weighted by atomic mass is 9.82. The van der Waals surface area contributed by atoms with Gasteiger partial charge in [-0.1, -0.05) is 13.8 Å². The topological polar surface area (TPSA) is 30.5 Å². The molecule has 0 aromatic rings. The van der Waals surface area contributed by atoms with E-state index in [2.05, 4.69) is 30.9 Å². The average molecular weight is 245 g/mol. The first-order valence-electron chi connectivity index (χ1n) is 6.19. The smallest absolute Gasteiger partial charge is 0.0933 e. The zero-order valence-corrected chi connectivity index (χ0v) is 11.1. The lowest BCUT2D eigenvalue weighted by Crippen LogP contribution is -2.50. The van der Waals surface area contributed by atoms with Crippen molar-refractivity contribution >= 4 is 11.8 Å². The summed E-state index contributed by atoms with van der Waals surface area (Å²) in [4.78, 5) is 0. The van der Waals surface area contributed by atoms with E-state index in [-0.39, 0.29) is 6.10 Å². The second-order valence-corrected chi connectivity index (χ2v) is 6.49. The maximum atomic E-state index is 5.64. The third-order valence-corrected chi connectivity index (χ3v) is 4.66. The predicted molar refractivity (Wildman–Crippen MR) is 68.1 cm³/mol. The Morgan fingerprint density at radius 1 is 1.38 bits per heavy atom. The third-order valence-electron chi connectivity index (χ3n) is 3.60. The molecule has 2 aliphatic heterocycles. The highest BCUT2D eigenvalue weighted by Crippen LogP contribution is 2.34. The molecule has 2 fully saturated rings. The molecule has 2 aliphatic rings. The predicted octanol–water partition coefficient (Wildman–Crippen LogP) is 1.52. The minimum atomic E-state index is 0.247. The molecular formula is C12H23NO2S. The van der Waals surface area contributed by atoms with Crippen LogP contribution in [0.25, 0.3) is 0 Å². The second kappa shape index (κ2) is 5.71. The Bertz CT molecular complexity index is 217. The van der Waals surface area contributed by atoms with Gasteiger partial charge < -0.3 is 14.8 Å². The van der Waals surface area contributed by atoms with Crippen molar-refractivity contribution in [3.63, 3.8) is 0 Å². The van der Waals surface area contributed by atoms with E-state index in [1.165, 1.54) is 17.9 Å². The standard InChI is InChI=1S/C12H23NO2S/c1-12(2)3-6-16-9-11(12)13-7-10-8-14-4-5-15-10/h10-11,13H,3-9H2,1-2H3. The van der Waals surface area contributed by atoms with Crippen LogP contribution in [-0.4, -0.2) is 50.0 Å². The summed E-state index contributed by atoms with van der Waals surface area (Å²) in [6, 6.07) is 0.608. The summed E-state index contributed by atoms with van der Waals surface area (Å²) in [7, 11) is 0. The molecule has 94 valence electrons. The van der Waals surface area contributed by atoms with Crippen LogP contribution in [0.5, 0.6) is 0 Å². The highest BCUT2D eigenvalue weighted by atomic mass is 32.2. The van der Waals surface area contributed by atoms with Crippen LogP contribution in [0, 0.1) is 5.41 Å². The number of ether oxygens (including phenoxy) is 2. The van der Waals surface area contributed by atoms with Crippen molar-refractivity contribution in [1.29, 1.82) is 0 Å². The van der Waals surface area contributed by atoms with Crippen molar-refractivity contribution in [3.05, 3.63) is 0 Å². The van der Waals surface area contributed by atoms with Crippen LogP contribution in [-0.2, 0) is 9.47 Å². The van der Waals surface area contributed by atoms with Gasteiger partial charge in [-0.15, -0.1) is 0 Å². The van der Waals surface area contributed by atoms with Gasteiger partial charge in [-0.25, -0.2) is 0 Å². The lowest BCUT2D eigenvalue weighted by molar-refractivity contribution is -0.0878. The monoisotopic (exact) mass is 245 g/mol. The molecule has 0 aliphatic carbocycles. The van der Waals surface area contributed by atoms with Gasteiger partial charge in [0.25, 0.3) is 0 Å². The molecule has 0 saturated carbocycles. The van der Waals surface area contributed by atoms with Crippen LogP contribution in [0.15, 0.2) is 0 Å². The fourth-order valence-electron chi connectivity index (χ4n) is 2.20. The van der Waals surface area contributed by atoms with Crippen molar-refractivity contribution in [2.75, 3.05) is 37.9 Å². The van der Waals surface area contributed by atoms with Crippen molar-refractivity contribution < 1.29 is 9.47 Å². The molecule has 2 atom stereocenters. The highest BCUT2D eigenvalue weighted by molar-refractivity contribution is 7.99. The maximum Gasteiger partial charge on any atom is 0.0933 e. The SMILES string of the molecule is CC1(C)CCSCC1NCC1COCCO1. The number of hydrogen-bond donors (Lipinski definition) is 1. The van der Waals surface area contributed by atoms with Crippen molar-refractivity contribution in [2.45, 2.75) is 32.4 Å². The molecule has 0 bridgehead atoms. The molecular weight excluding hydrogens is 222 g/mol. The summed E-state index contributed by atoms with van der Waals surface area (Å²) in [6.45, 7) is 7.89. The molecule has 2 unspecified atom stereocenters. The van der Waals surface area contributed by atoms with E-state index < -0.39 is 0 Å². The molecule has 4 heteroatoms. The zero-order chi connectivity index (χ0) is 11.4. The maximum absolute atomic E-state index is 5.64. The van der Waals surface area contributed by atoms with Gasteiger partial charge in [-0.05, 0) is 17.6 Å². The molecule has 2 rings (SSSR count). The minimum absolute atomic E-state index is 0.247. The summed E-state index contributed by atoms with van der Waals surface area (Å²) in [6.07, 6.45) is 1.55. The van der Waals surface area contributed by atoms with E-state index in [1.807, 2.05) is 0 Å². The molecule has 0 aromatic heterocycles. The number of thioether (sulfide) groups is 1. The van der Waals surface area contributed by atoms with Gasteiger partial charge in [0, 0.05) is 18.3 Å². The molecule has 0 aromatic carbocycles. The summed E-state index contributed by atoms with van der Waals surface area (Å²) < 4.78 is 11.0. The van der Waals surface area contributed by atoms with Gasteiger partial charge in [0.2, 0.25) is 0 Å². The Balaban J connectivity index is 1.75. The minimum Gasteiger partial charge on any atom is -0.376 e. The van der Waals surface area contributed by atoms with E-state index in [0.29, 0.717) is 11.5 Å². The Kier molecular flexibility index (Phi) is 4.53. The molecule has 1 N–H and O–H groups in total. The second-order valence-electron chi connectivity index (χ2n) is 5.34. The van der Waals surface area contributed by atoms with Crippen LogP contribution < -0.4 is 5.32 Å². The fraction of sp³-hybridized carbons (Fsp3) is 1.00. The van der Waals surface area contributed by atoms with Crippen molar-refractivity contribution in [1.82, 2.24) is 5.32 Å². The van der Waals surface area contributed by atoms with Gasteiger partial charge in [-0.2, -0.15) is 11.8 Å². The summed E-state index contributed by atoms with van der Waals surface area (Å²) >= 11 is 2.06. The van der Waals surface area contributed by atoms with Crippen LogP contribution in [0.4, 0.5) is 0 Å². The first kappa shape index (κ1) is 12.7. The van der Waals surface area contributed by atoms with Crippen LogP contribution in [0.2, 0.25) is 0 Å². The van der Waals surface area contributed by atoms with Crippen molar-refractivity contribution in [2.24, 2.45) is 5.41 Å². The van der Waals surface area contributed by atoms with Crippen molar-refractivity contribution in [3.8, 4) is 0 Å². The Morgan fingerprint density at radius 3 is 2.94 bits per heavy atom. The zero-order valence-electron chi connectivity index (χ0n) is 10.3. The van der Waals surface area contributed by atoms with E-state index in [1.54, 1.807) is 0 Å². The molecule has 2 heterocycles. The van der Waals surface area contributed by atoms with Gasteiger partial charge in [0.15, 0.2) is 0 Å². The van der Waals surface area contributed by atoms with E-state index in [9.17, 15) is 0 Å². The Hall–Kier alpha value is 0.230. The quantitative estimate of drug-likeness (QED) is 0.817. The molecule has 2 saturated heterocycles. The van der Waals surface area contributed by atoms with Crippen LogP contribution in [0.3, 0.4) is 0 Å². The molecule has 3 nitrogen and oxygen atoms in total. The van der Waals surface area contributed by atoms with E-state index >= 15 is 0 Å². The molecule has 0 amide bonds. The summed E-state index contributed by atoms with van der Waals surface area (Å²) in [5.41, 5.74) is 0.417. The Labute approximate surface area is 103 Å². The van der Waals surface area contributed by atoms with Gasteiger partial charge in [0.05, 0.1) is 25.9 Å². The lowest BCUT2D eigenvalue weighted by Gasteiger charge is -2.39. The summed E-state index contributed by atoms with van der Waals surface area (Å²) in [5.74, 6) is 2.52. The first-order chi connectivity index (χ1) is 7.68. The molecule has 0 spiro atoms. The van der Waals surface area contributed by atoms with Crippen LogP contribution >= 0.6 is 11.8 Å². The average Bonchev–Trinajstić information content (AvgIpc) is 2.28. The fourth-order valence-corrected chi connectivity index (χ4v) is 3.84. The third kappa shape index (κ3) is 3.36. The molecule has 0 radical (unpaired) electrons. The number of hydrogen-bond acceptors (Lipinski definition) is 4. The largest absolute Gasteiger partial charge is 0.376 e. The number of nitrogens with one attached hydrogen (secondary N) is 1. The first-order valence-corrected chi connectivity index (χ1v) is 7.34. The van der Waals surface area contributed by atoms with E-state index in [4.69, 9.17) is 9.47 Å². The number of rotatable bonds is 3. The van der Waals surface area contributed by atoms with E-state index in [0.717, 1.165) is 26.4 Å². The van der Waals surface area contributed by atoms with Gasteiger partial charge in [0.1, 0.15) is 0 Å². The normalized spacial score (nSPS) is 34.9. The summed E-state index contributed by atoms with van der Waals surface area (Å²) in [5, 5.41) is 3.66. The van der Waals surface area contributed by atoms with Gasteiger partial charge in [-0.3, -0.25) is 0 Å². The highest BCUT2D eigenvalue weighted by Gasteiger charge is 2.32.